The summed E-state index contributed by atoms with van der Waals surface area (Å²) in [6.45, 7) is 7.05. The van der Waals surface area contributed by atoms with Gasteiger partial charge in [0, 0.05) is 44.0 Å². The van der Waals surface area contributed by atoms with Gasteiger partial charge in [-0.05, 0) is 78.6 Å². The Morgan fingerprint density at radius 2 is 1.93 bits per heavy atom. The van der Waals surface area contributed by atoms with Gasteiger partial charge >= 0.3 is 6.18 Å². The molecule has 0 radical (unpaired) electrons. The minimum absolute atomic E-state index is 0.00867. The van der Waals surface area contributed by atoms with E-state index in [2.05, 4.69) is 33.9 Å². The van der Waals surface area contributed by atoms with E-state index >= 15 is 0 Å². The maximum Gasteiger partial charge on any atom is 0.416 e. The highest BCUT2D eigenvalue weighted by atomic mass is 19.4. The predicted octanol–water partition coefficient (Wildman–Crippen LogP) is 4.98. The maximum atomic E-state index is 14.4. The topological polar surface area (TPSA) is 83.4 Å². The highest BCUT2D eigenvalue weighted by Gasteiger charge is 2.48. The highest BCUT2D eigenvalue weighted by Crippen LogP contribution is 2.52. The highest BCUT2D eigenvalue weighted by molar-refractivity contribution is 6.10. The molecule has 0 bridgehead atoms. The van der Waals surface area contributed by atoms with Crippen molar-refractivity contribution >= 4 is 17.5 Å². The van der Waals surface area contributed by atoms with Crippen molar-refractivity contribution in [2.75, 3.05) is 18.0 Å². The Bertz CT molecular complexity index is 1570. The van der Waals surface area contributed by atoms with Crippen molar-refractivity contribution in [3.63, 3.8) is 0 Å². The zero-order valence-corrected chi connectivity index (χ0v) is 24.3. The van der Waals surface area contributed by atoms with E-state index in [0.717, 1.165) is 24.2 Å². The van der Waals surface area contributed by atoms with Gasteiger partial charge in [0.05, 0.1) is 17.5 Å². The number of nitrogens with one attached hydrogen (secondary N) is 1. The number of aromatic nitrogens is 3. The Hall–Kier alpha value is -3.99. The third kappa shape index (κ3) is 5.35. The lowest BCUT2D eigenvalue weighted by molar-refractivity contribution is -0.138. The first-order chi connectivity index (χ1) is 20.5. The molecule has 8 nitrogen and oxygen atoms in total. The third-order valence-corrected chi connectivity index (χ3v) is 9.18. The number of likely N-dealkylation sites (tertiary alicyclic amines) is 1. The minimum Gasteiger partial charge on any atom is -0.350 e. The first-order valence-corrected chi connectivity index (χ1v) is 14.6. The number of hydrogen-bond donors (Lipinski definition) is 1. The standard InChI is InChI=1S/C32H35F3N6O2/c1-4-28(42)37-23-8-10-40(11-9-23)17-21-12-25-26(27(13-21)32(33,34)35)18-41(29(25)43)24-7-5-6-22(14-24)31(15-20(2)16-31)30-38-36-19-39(30)3/h4-7,12-14,19-20,23H,1,8-11,15-18H2,2-3H3,(H,37,42). The average molecular weight is 593 g/mol. The zero-order valence-electron chi connectivity index (χ0n) is 24.3. The molecule has 1 saturated heterocycles. The molecule has 2 aromatic carbocycles. The van der Waals surface area contributed by atoms with E-state index < -0.39 is 17.6 Å². The molecule has 0 unspecified atom stereocenters. The third-order valence-electron chi connectivity index (χ3n) is 9.18. The SMILES string of the molecule is C=CC(=O)NC1CCN(Cc2cc3c(c(C(F)(F)F)c2)CN(c2cccc(C4(c5nncn5C)CC(C)C4)c2)C3=O)CC1. The van der Waals surface area contributed by atoms with Gasteiger partial charge in [-0.25, -0.2) is 0 Å². The van der Waals surface area contributed by atoms with E-state index in [1.165, 1.54) is 17.0 Å². The molecule has 226 valence electrons. The molecule has 11 heteroatoms. The molecule has 43 heavy (non-hydrogen) atoms. The number of piperidine rings is 1. The van der Waals surface area contributed by atoms with Crippen LogP contribution < -0.4 is 10.2 Å². The number of rotatable bonds is 7. The zero-order chi connectivity index (χ0) is 30.5. The van der Waals surface area contributed by atoms with Crippen molar-refractivity contribution in [2.45, 2.75) is 63.3 Å². The average Bonchev–Trinajstić information content (AvgIpc) is 3.54. The van der Waals surface area contributed by atoms with Crippen molar-refractivity contribution in [2.24, 2.45) is 13.0 Å². The van der Waals surface area contributed by atoms with Crippen LogP contribution in [0.1, 0.15) is 71.0 Å². The van der Waals surface area contributed by atoms with Gasteiger partial charge in [-0.1, -0.05) is 25.6 Å². The molecule has 3 heterocycles. The number of nitrogens with zero attached hydrogens (tertiary/aromatic N) is 5. The van der Waals surface area contributed by atoms with Crippen LogP contribution in [0.3, 0.4) is 0 Å². The number of fused-ring (bicyclic) bond motifs is 1. The molecular weight excluding hydrogens is 557 g/mol. The second-order valence-corrected chi connectivity index (χ2v) is 12.2. The van der Waals surface area contributed by atoms with Gasteiger partial charge in [0.1, 0.15) is 12.2 Å². The van der Waals surface area contributed by atoms with Crippen molar-refractivity contribution in [1.29, 1.82) is 0 Å². The van der Waals surface area contributed by atoms with Crippen LogP contribution in [0, 0.1) is 5.92 Å². The fourth-order valence-corrected chi connectivity index (χ4v) is 7.14. The number of alkyl halides is 3. The molecule has 2 aliphatic heterocycles. The first kappa shape index (κ1) is 29.1. The smallest absolute Gasteiger partial charge is 0.350 e. The normalized spacial score (nSPS) is 22.8. The van der Waals surface area contributed by atoms with E-state index in [1.54, 1.807) is 18.5 Å². The van der Waals surface area contributed by atoms with Gasteiger partial charge in [0.15, 0.2) is 0 Å². The van der Waals surface area contributed by atoms with Crippen LogP contribution in [0.2, 0.25) is 0 Å². The van der Waals surface area contributed by atoms with Crippen LogP contribution in [0.4, 0.5) is 18.9 Å². The number of hydrogen-bond acceptors (Lipinski definition) is 5. The van der Waals surface area contributed by atoms with Crippen LogP contribution in [0.15, 0.2) is 55.4 Å². The molecule has 3 aliphatic rings. The Balaban J connectivity index is 1.26. The fourth-order valence-electron chi connectivity index (χ4n) is 7.14. The predicted molar refractivity (Wildman–Crippen MR) is 155 cm³/mol. The number of carbonyl (C=O) groups is 2. The maximum absolute atomic E-state index is 14.4. The van der Waals surface area contributed by atoms with Gasteiger partial charge in [-0.15, -0.1) is 10.2 Å². The summed E-state index contributed by atoms with van der Waals surface area (Å²) in [6, 6.07) is 10.4. The largest absolute Gasteiger partial charge is 0.416 e. The van der Waals surface area contributed by atoms with E-state index in [4.69, 9.17) is 0 Å². The molecule has 1 aromatic heterocycles. The van der Waals surface area contributed by atoms with Crippen LogP contribution in [-0.4, -0.2) is 50.6 Å². The molecule has 1 N–H and O–H groups in total. The number of benzene rings is 2. The molecule has 1 saturated carbocycles. The van der Waals surface area contributed by atoms with E-state index in [0.29, 0.717) is 49.6 Å². The molecule has 1 aliphatic carbocycles. The van der Waals surface area contributed by atoms with Crippen molar-refractivity contribution < 1.29 is 22.8 Å². The fraction of sp³-hybridized carbons (Fsp3) is 0.438. The van der Waals surface area contributed by atoms with Gasteiger partial charge in [-0.3, -0.25) is 14.5 Å². The molecule has 0 atom stereocenters. The summed E-state index contributed by atoms with van der Waals surface area (Å²) in [6.07, 6.45) is 1.42. The van der Waals surface area contributed by atoms with Crippen molar-refractivity contribution in [3.8, 4) is 0 Å². The van der Waals surface area contributed by atoms with Gasteiger partial charge in [0.25, 0.3) is 5.91 Å². The number of halogens is 3. The Morgan fingerprint density at radius 1 is 1.19 bits per heavy atom. The molecule has 6 rings (SSSR count). The van der Waals surface area contributed by atoms with E-state index in [9.17, 15) is 22.8 Å². The summed E-state index contributed by atoms with van der Waals surface area (Å²) in [5, 5.41) is 11.4. The quantitative estimate of drug-likeness (QED) is 0.392. The van der Waals surface area contributed by atoms with Crippen LogP contribution >= 0.6 is 0 Å². The Kier molecular flexibility index (Phi) is 7.40. The second-order valence-electron chi connectivity index (χ2n) is 12.2. The minimum atomic E-state index is -4.60. The molecule has 2 amide bonds. The first-order valence-electron chi connectivity index (χ1n) is 14.6. The summed E-state index contributed by atoms with van der Waals surface area (Å²) >= 11 is 0. The number of amides is 2. The van der Waals surface area contributed by atoms with Gasteiger partial charge in [-0.2, -0.15) is 13.2 Å². The summed E-state index contributed by atoms with van der Waals surface area (Å²) in [7, 11) is 1.91. The molecule has 2 fully saturated rings. The van der Waals surface area contributed by atoms with Crippen molar-refractivity contribution in [3.05, 3.63) is 89.0 Å². The summed E-state index contributed by atoms with van der Waals surface area (Å²) in [4.78, 5) is 28.9. The summed E-state index contributed by atoms with van der Waals surface area (Å²) in [5.74, 6) is 0.670. The summed E-state index contributed by atoms with van der Waals surface area (Å²) in [5.41, 5.74) is 0.992. The number of aryl methyl sites for hydroxylation is 1. The second kappa shape index (κ2) is 10.9. The lowest BCUT2D eigenvalue weighted by Crippen LogP contribution is -2.43. The van der Waals surface area contributed by atoms with Crippen LogP contribution in [-0.2, 0) is 36.5 Å². The number of carbonyl (C=O) groups excluding carboxylic acids is 2. The number of anilines is 1. The van der Waals surface area contributed by atoms with Crippen LogP contribution in [0.5, 0.6) is 0 Å². The van der Waals surface area contributed by atoms with E-state index in [-0.39, 0.29) is 35.0 Å². The lowest BCUT2D eigenvalue weighted by atomic mass is 9.58. The monoisotopic (exact) mass is 592 g/mol. The summed E-state index contributed by atoms with van der Waals surface area (Å²) < 4.78 is 45.0. The van der Waals surface area contributed by atoms with Gasteiger partial charge < -0.3 is 14.8 Å². The molecule has 3 aromatic rings. The lowest BCUT2D eigenvalue weighted by Gasteiger charge is -2.46. The van der Waals surface area contributed by atoms with Crippen LogP contribution in [0.25, 0.3) is 0 Å². The van der Waals surface area contributed by atoms with E-state index in [1.807, 2.05) is 29.8 Å². The Labute approximate surface area is 248 Å². The molecule has 0 spiro atoms. The Morgan fingerprint density at radius 3 is 2.56 bits per heavy atom. The van der Waals surface area contributed by atoms with Crippen molar-refractivity contribution in [1.82, 2.24) is 25.0 Å². The molecular formula is C32H35F3N6O2. The van der Waals surface area contributed by atoms with Gasteiger partial charge in [0.2, 0.25) is 5.91 Å².